The highest BCUT2D eigenvalue weighted by Crippen LogP contribution is 2.25. The van der Waals surface area contributed by atoms with Crippen LogP contribution < -0.4 is 0 Å². The summed E-state index contributed by atoms with van der Waals surface area (Å²) in [5.41, 5.74) is 1.30. The number of ketones is 1. The zero-order chi connectivity index (χ0) is 14.0. The van der Waals surface area contributed by atoms with E-state index in [1.807, 2.05) is 0 Å². The predicted molar refractivity (Wildman–Crippen MR) is 73.2 cm³/mol. The molecule has 0 bridgehead atoms. The number of hydrogen-bond donors (Lipinski definition) is 1. The summed E-state index contributed by atoms with van der Waals surface area (Å²) in [6.45, 7) is 1.42. The van der Waals surface area contributed by atoms with E-state index < -0.39 is 9.84 Å². The largest absolute Gasteiger partial charge is 0.507 e. The van der Waals surface area contributed by atoms with Crippen molar-refractivity contribution in [1.82, 2.24) is 0 Å². The van der Waals surface area contributed by atoms with Gasteiger partial charge in [0.1, 0.15) is 5.75 Å². The molecule has 19 heavy (non-hydrogen) atoms. The average Bonchev–Trinajstić information content (AvgIpc) is 2.67. The molecule has 1 atom stereocenters. The molecule has 0 aliphatic carbocycles. The maximum atomic E-state index is 11.4. The quantitative estimate of drug-likeness (QED) is 0.857. The molecular weight excluding hydrogens is 264 g/mol. The molecule has 1 heterocycles. The molecule has 104 valence electrons. The Morgan fingerprint density at radius 3 is 2.74 bits per heavy atom. The average molecular weight is 282 g/mol. The molecule has 1 fully saturated rings. The summed E-state index contributed by atoms with van der Waals surface area (Å²) < 4.78 is 22.7. The molecule has 4 nitrogen and oxygen atoms in total. The number of phenols is 1. The van der Waals surface area contributed by atoms with Crippen LogP contribution in [0.1, 0.15) is 35.7 Å². The van der Waals surface area contributed by atoms with Crippen molar-refractivity contribution in [3.8, 4) is 5.75 Å². The summed E-state index contributed by atoms with van der Waals surface area (Å²) in [5.74, 6) is 0.637. The monoisotopic (exact) mass is 282 g/mol. The van der Waals surface area contributed by atoms with E-state index in [-0.39, 0.29) is 23.2 Å². The summed E-state index contributed by atoms with van der Waals surface area (Å²) in [6.07, 6.45) is 2.28. The van der Waals surface area contributed by atoms with Gasteiger partial charge in [-0.3, -0.25) is 4.79 Å². The predicted octanol–water partition coefficient (Wildman–Crippen LogP) is 1.96. The molecule has 0 saturated carbocycles. The van der Waals surface area contributed by atoms with Crippen molar-refractivity contribution < 1.29 is 18.3 Å². The number of benzene rings is 1. The molecular formula is C14H18O4S. The topological polar surface area (TPSA) is 71.4 Å². The van der Waals surface area contributed by atoms with Gasteiger partial charge in [-0.05, 0) is 49.8 Å². The van der Waals surface area contributed by atoms with E-state index in [1.54, 1.807) is 12.1 Å². The highest BCUT2D eigenvalue weighted by Gasteiger charge is 2.27. The smallest absolute Gasteiger partial charge is 0.163 e. The third-order valence-corrected chi connectivity index (χ3v) is 5.45. The van der Waals surface area contributed by atoms with Crippen LogP contribution >= 0.6 is 0 Å². The van der Waals surface area contributed by atoms with Crippen LogP contribution in [0.15, 0.2) is 18.2 Å². The number of sulfone groups is 1. The Kier molecular flexibility index (Phi) is 3.94. The first-order chi connectivity index (χ1) is 8.87. The third kappa shape index (κ3) is 3.56. The van der Waals surface area contributed by atoms with Crippen LogP contribution in [0.4, 0.5) is 0 Å². The summed E-state index contributed by atoms with van der Waals surface area (Å²) in [5, 5.41) is 9.55. The van der Waals surface area contributed by atoms with Crippen molar-refractivity contribution in [2.75, 3.05) is 11.5 Å². The van der Waals surface area contributed by atoms with Gasteiger partial charge in [0.15, 0.2) is 15.6 Å². The van der Waals surface area contributed by atoms with Crippen LogP contribution in [0.2, 0.25) is 0 Å². The molecule has 1 unspecified atom stereocenters. The van der Waals surface area contributed by atoms with Gasteiger partial charge in [0.05, 0.1) is 17.1 Å². The van der Waals surface area contributed by atoms with Gasteiger partial charge in [-0.2, -0.15) is 0 Å². The summed E-state index contributed by atoms with van der Waals surface area (Å²) >= 11 is 0. The first-order valence-corrected chi connectivity index (χ1v) is 8.23. The van der Waals surface area contributed by atoms with Gasteiger partial charge in [-0.1, -0.05) is 6.07 Å². The lowest BCUT2D eigenvalue weighted by Crippen LogP contribution is -2.06. The standard InChI is InChI=1S/C14H18O4S/c1-10(15)13-8-11(4-5-14(13)16)2-3-12-6-7-19(17,18)9-12/h4-5,8,12,16H,2-3,6-7,9H2,1H3. The fourth-order valence-electron chi connectivity index (χ4n) is 2.49. The highest BCUT2D eigenvalue weighted by molar-refractivity contribution is 7.91. The maximum Gasteiger partial charge on any atom is 0.163 e. The minimum absolute atomic E-state index is 0.000283. The van der Waals surface area contributed by atoms with E-state index in [2.05, 4.69) is 0 Å². The van der Waals surface area contributed by atoms with Crippen LogP contribution in [-0.4, -0.2) is 30.8 Å². The van der Waals surface area contributed by atoms with Gasteiger partial charge in [0.25, 0.3) is 0 Å². The van der Waals surface area contributed by atoms with Crippen LogP contribution in [0.25, 0.3) is 0 Å². The molecule has 5 heteroatoms. The molecule has 0 radical (unpaired) electrons. The van der Waals surface area contributed by atoms with Crippen molar-refractivity contribution in [2.45, 2.75) is 26.2 Å². The Labute approximate surface area is 113 Å². The van der Waals surface area contributed by atoms with Crippen molar-refractivity contribution in [3.05, 3.63) is 29.3 Å². The number of aromatic hydroxyl groups is 1. The first-order valence-electron chi connectivity index (χ1n) is 6.40. The van der Waals surface area contributed by atoms with Gasteiger partial charge < -0.3 is 5.11 Å². The summed E-state index contributed by atoms with van der Waals surface area (Å²) in [6, 6.07) is 5.00. The zero-order valence-electron chi connectivity index (χ0n) is 10.9. The molecule has 1 aromatic rings. The highest BCUT2D eigenvalue weighted by atomic mass is 32.2. The minimum Gasteiger partial charge on any atom is -0.507 e. The minimum atomic E-state index is -2.82. The fraction of sp³-hybridized carbons (Fsp3) is 0.500. The molecule has 1 aliphatic heterocycles. The lowest BCUT2D eigenvalue weighted by molar-refractivity contribution is 0.101. The summed E-state index contributed by atoms with van der Waals surface area (Å²) in [4.78, 5) is 11.3. The van der Waals surface area contributed by atoms with E-state index in [0.29, 0.717) is 11.3 Å². The number of hydrogen-bond acceptors (Lipinski definition) is 4. The van der Waals surface area contributed by atoms with Gasteiger partial charge in [0.2, 0.25) is 0 Å². The van der Waals surface area contributed by atoms with E-state index in [0.717, 1.165) is 24.8 Å². The first kappa shape index (κ1) is 14.1. The molecule has 1 aromatic carbocycles. The van der Waals surface area contributed by atoms with E-state index in [4.69, 9.17) is 0 Å². The SMILES string of the molecule is CC(=O)c1cc(CCC2CCS(=O)(=O)C2)ccc1O. The number of rotatable bonds is 4. The number of carbonyl (C=O) groups excluding carboxylic acids is 1. The zero-order valence-corrected chi connectivity index (χ0v) is 11.7. The third-order valence-electron chi connectivity index (χ3n) is 3.61. The summed E-state index contributed by atoms with van der Waals surface area (Å²) in [7, 11) is -2.82. The Morgan fingerprint density at radius 1 is 1.42 bits per heavy atom. The van der Waals surface area contributed by atoms with Crippen molar-refractivity contribution in [3.63, 3.8) is 0 Å². The molecule has 0 amide bonds. The number of Topliss-reactive ketones (excluding diaryl/α,β-unsaturated/α-hetero) is 1. The molecule has 2 rings (SSSR count). The number of aryl methyl sites for hydroxylation is 1. The van der Waals surface area contributed by atoms with Crippen LogP contribution in [0.3, 0.4) is 0 Å². The lowest BCUT2D eigenvalue weighted by Gasteiger charge is -2.09. The Bertz CT molecular complexity index is 589. The second-order valence-electron chi connectivity index (χ2n) is 5.22. The van der Waals surface area contributed by atoms with Gasteiger partial charge in [-0.15, -0.1) is 0 Å². The van der Waals surface area contributed by atoms with Crippen LogP contribution in [0, 0.1) is 5.92 Å². The second-order valence-corrected chi connectivity index (χ2v) is 7.44. The fourth-order valence-corrected chi connectivity index (χ4v) is 4.40. The number of carbonyl (C=O) groups is 1. The van der Waals surface area contributed by atoms with Crippen LogP contribution in [0.5, 0.6) is 5.75 Å². The van der Waals surface area contributed by atoms with Crippen LogP contribution in [-0.2, 0) is 16.3 Å². The Balaban J connectivity index is 2.01. The molecule has 1 saturated heterocycles. The normalized spacial score (nSPS) is 21.4. The van der Waals surface area contributed by atoms with Crippen molar-refractivity contribution >= 4 is 15.6 Å². The van der Waals surface area contributed by atoms with Gasteiger partial charge in [-0.25, -0.2) is 8.42 Å². The second kappa shape index (κ2) is 5.33. The Morgan fingerprint density at radius 2 is 2.16 bits per heavy atom. The van der Waals surface area contributed by atoms with Gasteiger partial charge in [0, 0.05) is 0 Å². The van der Waals surface area contributed by atoms with E-state index in [9.17, 15) is 18.3 Å². The van der Waals surface area contributed by atoms with Gasteiger partial charge >= 0.3 is 0 Å². The number of phenolic OH excluding ortho intramolecular Hbond substituents is 1. The van der Waals surface area contributed by atoms with E-state index >= 15 is 0 Å². The van der Waals surface area contributed by atoms with Crippen molar-refractivity contribution in [2.24, 2.45) is 5.92 Å². The molecule has 1 N–H and O–H groups in total. The molecule has 0 aromatic heterocycles. The molecule has 0 spiro atoms. The Hall–Kier alpha value is -1.36. The molecule has 1 aliphatic rings. The van der Waals surface area contributed by atoms with Crippen molar-refractivity contribution in [1.29, 1.82) is 0 Å². The maximum absolute atomic E-state index is 11.4. The van der Waals surface area contributed by atoms with E-state index in [1.165, 1.54) is 13.0 Å². The lowest BCUT2D eigenvalue weighted by atomic mass is 9.97.